The van der Waals surface area contributed by atoms with Crippen molar-refractivity contribution in [2.24, 2.45) is 0 Å². The fourth-order valence-electron chi connectivity index (χ4n) is 2.11. The third-order valence-corrected chi connectivity index (χ3v) is 3.60. The number of benzene rings is 2. The van der Waals surface area contributed by atoms with Gasteiger partial charge in [-0.25, -0.2) is 0 Å². The molecule has 0 aliphatic carbocycles. The molecular weight excluding hydrogens is 264 g/mol. The van der Waals surface area contributed by atoms with Crippen LogP contribution < -0.4 is 0 Å². The average Bonchev–Trinajstić information content (AvgIpc) is 2.37. The van der Waals surface area contributed by atoms with Crippen molar-refractivity contribution in [1.29, 1.82) is 0 Å². The monoisotopic (exact) mass is 278 g/mol. The van der Waals surface area contributed by atoms with Crippen molar-refractivity contribution >= 4 is 11.6 Å². The summed E-state index contributed by atoms with van der Waals surface area (Å²) in [5.41, 5.74) is 1.67. The fourth-order valence-corrected chi connectivity index (χ4v) is 2.23. The highest BCUT2D eigenvalue weighted by Gasteiger charge is 2.20. The van der Waals surface area contributed by atoms with Gasteiger partial charge in [-0.1, -0.05) is 30.7 Å². The predicted molar refractivity (Wildman–Crippen MR) is 75.1 cm³/mol. The number of hydrogen-bond acceptors (Lipinski definition) is 3. The molecule has 0 aliphatic rings. The van der Waals surface area contributed by atoms with E-state index in [1.54, 1.807) is 19.1 Å². The van der Waals surface area contributed by atoms with Crippen LogP contribution >= 0.6 is 11.6 Å². The van der Waals surface area contributed by atoms with E-state index in [1.165, 1.54) is 6.07 Å². The first-order chi connectivity index (χ1) is 8.91. The Morgan fingerprint density at radius 3 is 2.16 bits per heavy atom. The zero-order chi connectivity index (χ0) is 14.2. The van der Waals surface area contributed by atoms with Crippen LogP contribution in [0, 0.1) is 6.92 Å². The molecule has 100 valence electrons. The summed E-state index contributed by atoms with van der Waals surface area (Å²) in [5, 5.41) is 30.2. The second-order valence-electron chi connectivity index (χ2n) is 4.58. The molecule has 0 radical (unpaired) electrons. The van der Waals surface area contributed by atoms with Gasteiger partial charge < -0.3 is 15.3 Å². The topological polar surface area (TPSA) is 60.7 Å². The Balaban J connectivity index is 2.53. The van der Waals surface area contributed by atoms with Gasteiger partial charge in [0.25, 0.3) is 0 Å². The van der Waals surface area contributed by atoms with Gasteiger partial charge in [0.2, 0.25) is 0 Å². The minimum atomic E-state index is -0.212. The van der Waals surface area contributed by atoms with E-state index in [4.69, 9.17) is 11.6 Å². The van der Waals surface area contributed by atoms with Gasteiger partial charge in [0.1, 0.15) is 17.2 Å². The molecule has 2 aromatic carbocycles. The van der Waals surface area contributed by atoms with Gasteiger partial charge in [-0.3, -0.25) is 0 Å². The standard InChI is InChI=1S/C15H15ClO3/c1-8(10-3-5-11(16)6-4-10)14-13(18)7-12(17)9(2)15(14)19/h3-8,17-19H,1-2H3. The quantitative estimate of drug-likeness (QED) is 0.780. The molecular formula is C15H15ClO3. The highest BCUT2D eigenvalue weighted by atomic mass is 35.5. The zero-order valence-electron chi connectivity index (χ0n) is 10.7. The normalized spacial score (nSPS) is 12.4. The van der Waals surface area contributed by atoms with Crippen LogP contribution in [0.5, 0.6) is 17.2 Å². The van der Waals surface area contributed by atoms with E-state index >= 15 is 0 Å². The molecule has 0 amide bonds. The van der Waals surface area contributed by atoms with Gasteiger partial charge in [-0.15, -0.1) is 0 Å². The molecule has 4 heteroatoms. The van der Waals surface area contributed by atoms with Crippen LogP contribution in [0.1, 0.15) is 29.5 Å². The third kappa shape index (κ3) is 2.47. The van der Waals surface area contributed by atoms with E-state index in [1.807, 2.05) is 19.1 Å². The fraction of sp³-hybridized carbons (Fsp3) is 0.200. The van der Waals surface area contributed by atoms with Crippen LogP contribution in [-0.2, 0) is 0 Å². The molecule has 0 saturated carbocycles. The molecule has 19 heavy (non-hydrogen) atoms. The average molecular weight is 279 g/mol. The smallest absolute Gasteiger partial charge is 0.129 e. The van der Waals surface area contributed by atoms with Crippen molar-refractivity contribution in [2.45, 2.75) is 19.8 Å². The number of phenolic OH excluding ortho intramolecular Hbond substituents is 3. The van der Waals surface area contributed by atoms with Crippen molar-refractivity contribution in [2.75, 3.05) is 0 Å². The van der Waals surface area contributed by atoms with Gasteiger partial charge in [0, 0.05) is 28.1 Å². The summed E-state index contributed by atoms with van der Waals surface area (Å²) in [4.78, 5) is 0. The Labute approximate surface area is 116 Å². The van der Waals surface area contributed by atoms with Crippen molar-refractivity contribution in [3.63, 3.8) is 0 Å². The molecule has 0 spiro atoms. The second-order valence-corrected chi connectivity index (χ2v) is 5.01. The summed E-state index contributed by atoms with van der Waals surface area (Å²) in [5.74, 6) is -0.540. The largest absolute Gasteiger partial charge is 0.507 e. The maximum Gasteiger partial charge on any atom is 0.129 e. The molecule has 0 aliphatic heterocycles. The zero-order valence-corrected chi connectivity index (χ0v) is 11.4. The molecule has 0 aromatic heterocycles. The van der Waals surface area contributed by atoms with Crippen molar-refractivity contribution in [1.82, 2.24) is 0 Å². The van der Waals surface area contributed by atoms with Gasteiger partial charge in [0.05, 0.1) is 0 Å². The molecule has 2 aromatic rings. The number of rotatable bonds is 2. The van der Waals surface area contributed by atoms with E-state index in [0.717, 1.165) is 5.56 Å². The summed E-state index contributed by atoms with van der Waals surface area (Å²) >= 11 is 5.84. The van der Waals surface area contributed by atoms with E-state index in [-0.39, 0.29) is 23.2 Å². The van der Waals surface area contributed by atoms with E-state index in [2.05, 4.69) is 0 Å². The molecule has 0 heterocycles. The lowest BCUT2D eigenvalue weighted by atomic mass is 9.90. The van der Waals surface area contributed by atoms with Crippen LogP contribution in [0.2, 0.25) is 5.02 Å². The minimum Gasteiger partial charge on any atom is -0.507 e. The number of aromatic hydroxyl groups is 3. The van der Waals surface area contributed by atoms with Crippen LogP contribution in [0.3, 0.4) is 0 Å². The summed E-state index contributed by atoms with van der Waals surface area (Å²) in [7, 11) is 0. The van der Waals surface area contributed by atoms with Crippen LogP contribution in [0.25, 0.3) is 0 Å². The summed E-state index contributed by atoms with van der Waals surface area (Å²) in [6, 6.07) is 8.45. The van der Waals surface area contributed by atoms with Crippen molar-refractivity contribution in [3.8, 4) is 17.2 Å². The maximum absolute atomic E-state index is 10.1. The minimum absolute atomic E-state index is 0.0834. The first-order valence-corrected chi connectivity index (χ1v) is 6.29. The van der Waals surface area contributed by atoms with Crippen LogP contribution in [0.15, 0.2) is 30.3 Å². The highest BCUT2D eigenvalue weighted by molar-refractivity contribution is 6.30. The Morgan fingerprint density at radius 2 is 1.58 bits per heavy atom. The van der Waals surface area contributed by atoms with Crippen molar-refractivity contribution < 1.29 is 15.3 Å². The molecule has 3 nitrogen and oxygen atoms in total. The molecule has 3 N–H and O–H groups in total. The molecule has 0 bridgehead atoms. The first kappa shape index (κ1) is 13.6. The van der Waals surface area contributed by atoms with E-state index in [9.17, 15) is 15.3 Å². The lowest BCUT2D eigenvalue weighted by Crippen LogP contribution is -1.98. The SMILES string of the molecule is Cc1c(O)cc(O)c(C(C)c2ccc(Cl)cc2)c1O. The maximum atomic E-state index is 10.1. The number of halogens is 1. The second kappa shape index (κ2) is 5.02. The molecule has 2 rings (SSSR count). The summed E-state index contributed by atoms with van der Waals surface area (Å²) < 4.78 is 0. The van der Waals surface area contributed by atoms with Crippen LogP contribution in [-0.4, -0.2) is 15.3 Å². The van der Waals surface area contributed by atoms with Gasteiger partial charge >= 0.3 is 0 Å². The van der Waals surface area contributed by atoms with Gasteiger partial charge in [-0.2, -0.15) is 0 Å². The van der Waals surface area contributed by atoms with Crippen molar-refractivity contribution in [3.05, 3.63) is 52.0 Å². The molecule has 0 fully saturated rings. The lowest BCUT2D eigenvalue weighted by Gasteiger charge is -2.18. The molecule has 0 saturated heterocycles. The lowest BCUT2D eigenvalue weighted by molar-refractivity contribution is 0.412. The van der Waals surface area contributed by atoms with E-state index < -0.39 is 0 Å². The van der Waals surface area contributed by atoms with E-state index in [0.29, 0.717) is 16.1 Å². The Morgan fingerprint density at radius 1 is 1.00 bits per heavy atom. The Kier molecular flexibility index (Phi) is 3.58. The molecule has 1 unspecified atom stereocenters. The number of phenols is 3. The summed E-state index contributed by atoms with van der Waals surface area (Å²) in [6.07, 6.45) is 0. The Bertz CT molecular complexity index is 606. The predicted octanol–water partition coefficient (Wildman–Crippen LogP) is 3.92. The number of hydrogen-bond donors (Lipinski definition) is 3. The Hall–Kier alpha value is -1.87. The van der Waals surface area contributed by atoms with Gasteiger partial charge in [-0.05, 0) is 24.6 Å². The van der Waals surface area contributed by atoms with Crippen LogP contribution in [0.4, 0.5) is 0 Å². The third-order valence-electron chi connectivity index (χ3n) is 3.35. The highest BCUT2D eigenvalue weighted by Crippen LogP contribution is 2.43. The van der Waals surface area contributed by atoms with Gasteiger partial charge in [0.15, 0.2) is 0 Å². The summed E-state index contributed by atoms with van der Waals surface area (Å²) in [6.45, 7) is 3.47. The molecule has 1 atom stereocenters. The first-order valence-electron chi connectivity index (χ1n) is 5.91.